The van der Waals surface area contributed by atoms with Crippen molar-refractivity contribution in [1.82, 2.24) is 15.5 Å². The van der Waals surface area contributed by atoms with Gasteiger partial charge >= 0.3 is 0 Å². The third kappa shape index (κ3) is 3.50. The first-order valence-corrected chi connectivity index (χ1v) is 10.2. The Balaban J connectivity index is 1.23. The second-order valence-electron chi connectivity index (χ2n) is 7.84. The summed E-state index contributed by atoms with van der Waals surface area (Å²) in [4.78, 5) is 17.1. The van der Waals surface area contributed by atoms with Gasteiger partial charge in [-0.15, -0.1) is 0 Å². The molecule has 1 amide bonds. The van der Waals surface area contributed by atoms with Gasteiger partial charge in [-0.05, 0) is 68.0 Å². The predicted octanol–water partition coefficient (Wildman–Crippen LogP) is 3.66. The van der Waals surface area contributed by atoms with Gasteiger partial charge in [0, 0.05) is 23.7 Å². The number of rotatable bonds is 4. The number of benzene rings is 1. The third-order valence-electron chi connectivity index (χ3n) is 5.67. The van der Waals surface area contributed by atoms with Crippen molar-refractivity contribution in [3.63, 3.8) is 0 Å². The van der Waals surface area contributed by atoms with E-state index in [4.69, 9.17) is 9.26 Å². The molecule has 1 unspecified atom stereocenters. The zero-order chi connectivity index (χ0) is 19.8. The molecule has 1 aliphatic carbocycles. The van der Waals surface area contributed by atoms with E-state index < -0.39 is 0 Å². The molecule has 0 saturated carbocycles. The van der Waals surface area contributed by atoms with Gasteiger partial charge in [0.2, 0.25) is 5.76 Å². The van der Waals surface area contributed by atoms with E-state index >= 15 is 0 Å². The Morgan fingerprint density at radius 1 is 1.21 bits per heavy atom. The van der Waals surface area contributed by atoms with Gasteiger partial charge in [0.25, 0.3) is 5.91 Å². The summed E-state index contributed by atoms with van der Waals surface area (Å²) in [6.07, 6.45) is 6.48. The largest absolute Gasteiger partial charge is 0.488 e. The highest BCUT2D eigenvalue weighted by Gasteiger charge is 2.27. The highest BCUT2D eigenvalue weighted by molar-refractivity contribution is 5.93. The van der Waals surface area contributed by atoms with Crippen LogP contribution in [0.15, 0.2) is 41.1 Å². The number of fused-ring (bicyclic) bond motifs is 2. The molecule has 0 fully saturated rings. The minimum atomic E-state index is -0.204. The molecule has 1 N–H and O–H groups in total. The van der Waals surface area contributed by atoms with Crippen LogP contribution in [0.25, 0.3) is 11.3 Å². The molecule has 3 heterocycles. The Bertz CT molecular complexity index is 1060. The first-order chi connectivity index (χ1) is 14.2. The van der Waals surface area contributed by atoms with Gasteiger partial charge in [0.1, 0.15) is 11.9 Å². The van der Waals surface area contributed by atoms with Crippen molar-refractivity contribution in [2.75, 3.05) is 6.54 Å². The zero-order valence-corrected chi connectivity index (χ0v) is 16.4. The summed E-state index contributed by atoms with van der Waals surface area (Å²) in [6, 6.07) is 10.2. The average Bonchev–Trinajstić information content (AvgIpc) is 3.36. The van der Waals surface area contributed by atoms with E-state index in [0.29, 0.717) is 12.3 Å². The average molecular weight is 389 g/mol. The number of ether oxygens (including phenoxy) is 1. The fourth-order valence-electron chi connectivity index (χ4n) is 4.09. The Hall–Kier alpha value is -3.15. The van der Waals surface area contributed by atoms with Crippen molar-refractivity contribution in [3.8, 4) is 17.0 Å². The lowest BCUT2D eigenvalue weighted by atomic mass is 9.96. The first kappa shape index (κ1) is 17.9. The van der Waals surface area contributed by atoms with Gasteiger partial charge in [-0.25, -0.2) is 0 Å². The molecule has 1 atom stereocenters. The third-order valence-corrected chi connectivity index (χ3v) is 5.67. The predicted molar refractivity (Wildman–Crippen MR) is 108 cm³/mol. The lowest BCUT2D eigenvalue weighted by Crippen LogP contribution is -2.34. The van der Waals surface area contributed by atoms with Crippen molar-refractivity contribution < 1.29 is 14.1 Å². The number of carbonyl (C=O) groups excluding carboxylic acids is 1. The monoisotopic (exact) mass is 389 g/mol. The van der Waals surface area contributed by atoms with E-state index in [1.807, 2.05) is 31.3 Å². The summed E-state index contributed by atoms with van der Waals surface area (Å²) in [5, 5.41) is 7.02. The molecule has 3 aromatic rings. The SMILES string of the molecule is Cc1ccc(-c2ccc3c(c2)CC(CNC(=O)c2onc4c2CCCC4)O3)nc1. The van der Waals surface area contributed by atoms with Crippen LogP contribution in [0.1, 0.15) is 45.8 Å². The van der Waals surface area contributed by atoms with Gasteiger partial charge in [0.05, 0.1) is 17.9 Å². The molecule has 29 heavy (non-hydrogen) atoms. The van der Waals surface area contributed by atoms with Crippen LogP contribution in [0, 0.1) is 6.92 Å². The van der Waals surface area contributed by atoms with Crippen molar-refractivity contribution in [1.29, 1.82) is 0 Å². The van der Waals surface area contributed by atoms with Crippen LogP contribution in [0.2, 0.25) is 0 Å². The minimum absolute atomic E-state index is 0.0890. The molecule has 0 spiro atoms. The highest BCUT2D eigenvalue weighted by Crippen LogP contribution is 2.32. The molecule has 0 saturated heterocycles. The van der Waals surface area contributed by atoms with Crippen molar-refractivity contribution in [2.24, 2.45) is 0 Å². The fraction of sp³-hybridized carbons (Fsp3) is 0.348. The van der Waals surface area contributed by atoms with Gasteiger partial charge in [-0.3, -0.25) is 9.78 Å². The highest BCUT2D eigenvalue weighted by atomic mass is 16.5. The number of aromatic nitrogens is 2. The number of pyridine rings is 1. The Kier molecular flexibility index (Phi) is 4.54. The van der Waals surface area contributed by atoms with E-state index in [1.54, 1.807) is 0 Å². The van der Waals surface area contributed by atoms with E-state index in [0.717, 1.165) is 71.5 Å². The molecule has 2 aromatic heterocycles. The molecular weight excluding hydrogens is 366 g/mol. The molecule has 0 radical (unpaired) electrons. The van der Waals surface area contributed by atoms with Crippen molar-refractivity contribution >= 4 is 5.91 Å². The minimum Gasteiger partial charge on any atom is -0.488 e. The summed E-state index contributed by atoms with van der Waals surface area (Å²) in [6.45, 7) is 2.46. The van der Waals surface area contributed by atoms with E-state index in [-0.39, 0.29) is 12.0 Å². The van der Waals surface area contributed by atoms with Crippen LogP contribution in [0.5, 0.6) is 5.75 Å². The standard InChI is InChI=1S/C23H23N3O3/c1-14-6-8-19(24-12-14)15-7-9-21-16(10-15)11-17(28-21)13-25-23(27)22-18-4-2-3-5-20(18)26-29-22/h6-10,12,17H,2-5,11,13H2,1H3,(H,25,27). The van der Waals surface area contributed by atoms with Gasteiger partial charge < -0.3 is 14.6 Å². The molecule has 0 bridgehead atoms. The molecule has 148 valence electrons. The van der Waals surface area contributed by atoms with Crippen molar-refractivity contribution in [2.45, 2.75) is 45.1 Å². The number of hydrogen-bond donors (Lipinski definition) is 1. The number of nitrogens with zero attached hydrogens (tertiary/aromatic N) is 2. The summed E-state index contributed by atoms with van der Waals surface area (Å²) < 4.78 is 11.3. The first-order valence-electron chi connectivity index (χ1n) is 10.2. The maximum atomic E-state index is 12.6. The lowest BCUT2D eigenvalue weighted by Gasteiger charge is -2.12. The fourth-order valence-corrected chi connectivity index (χ4v) is 4.09. The summed E-state index contributed by atoms with van der Waals surface area (Å²) >= 11 is 0. The second-order valence-corrected chi connectivity index (χ2v) is 7.84. The maximum absolute atomic E-state index is 12.6. The Labute approximate surface area is 169 Å². The van der Waals surface area contributed by atoms with Crippen LogP contribution < -0.4 is 10.1 Å². The molecule has 5 rings (SSSR count). The van der Waals surface area contributed by atoms with Crippen LogP contribution in [-0.4, -0.2) is 28.7 Å². The maximum Gasteiger partial charge on any atom is 0.290 e. The molecule has 1 aromatic carbocycles. The molecule has 2 aliphatic rings. The lowest BCUT2D eigenvalue weighted by molar-refractivity contribution is 0.0895. The van der Waals surface area contributed by atoms with E-state index in [2.05, 4.69) is 27.6 Å². The molecule has 1 aliphatic heterocycles. The number of hydrogen-bond acceptors (Lipinski definition) is 5. The second kappa shape index (κ2) is 7.35. The van der Waals surface area contributed by atoms with E-state index in [1.165, 1.54) is 0 Å². The quantitative estimate of drug-likeness (QED) is 0.737. The van der Waals surface area contributed by atoms with Gasteiger partial charge in [-0.1, -0.05) is 11.2 Å². The summed E-state index contributed by atoms with van der Waals surface area (Å²) in [5.41, 5.74) is 6.21. The van der Waals surface area contributed by atoms with Gasteiger partial charge in [-0.2, -0.15) is 0 Å². The number of aryl methyl sites for hydroxylation is 2. The van der Waals surface area contributed by atoms with Crippen LogP contribution in [-0.2, 0) is 19.3 Å². The molecular formula is C23H23N3O3. The molecule has 6 heteroatoms. The zero-order valence-electron chi connectivity index (χ0n) is 16.4. The Morgan fingerprint density at radius 3 is 2.97 bits per heavy atom. The number of carbonyl (C=O) groups is 1. The summed E-state index contributed by atoms with van der Waals surface area (Å²) in [7, 11) is 0. The van der Waals surface area contributed by atoms with Crippen LogP contribution >= 0.6 is 0 Å². The smallest absolute Gasteiger partial charge is 0.290 e. The Morgan fingerprint density at radius 2 is 2.10 bits per heavy atom. The summed E-state index contributed by atoms with van der Waals surface area (Å²) in [5.74, 6) is 1.03. The van der Waals surface area contributed by atoms with Crippen LogP contribution in [0.4, 0.5) is 0 Å². The normalized spacial score (nSPS) is 17.3. The topological polar surface area (TPSA) is 77.2 Å². The van der Waals surface area contributed by atoms with Crippen LogP contribution in [0.3, 0.4) is 0 Å². The van der Waals surface area contributed by atoms with Crippen molar-refractivity contribution in [3.05, 3.63) is 64.7 Å². The molecule has 6 nitrogen and oxygen atoms in total. The van der Waals surface area contributed by atoms with E-state index in [9.17, 15) is 4.79 Å². The van der Waals surface area contributed by atoms with Gasteiger partial charge in [0.15, 0.2) is 0 Å². The number of amides is 1. The number of nitrogens with one attached hydrogen (secondary N) is 1.